The molecule has 1 aliphatic heterocycles. The maximum absolute atomic E-state index is 14.2. The van der Waals surface area contributed by atoms with Gasteiger partial charge in [-0.1, -0.05) is 56.9 Å². The Balaban J connectivity index is 1.52. The van der Waals surface area contributed by atoms with Gasteiger partial charge in [0.2, 0.25) is 11.8 Å². The first-order chi connectivity index (χ1) is 17.6. The molecule has 1 aliphatic carbocycles. The monoisotopic (exact) mass is 487 g/mol. The van der Waals surface area contributed by atoms with Crippen LogP contribution in [0.2, 0.25) is 0 Å². The zero-order valence-electron chi connectivity index (χ0n) is 20.9. The molecule has 2 aliphatic rings. The summed E-state index contributed by atoms with van der Waals surface area (Å²) in [6, 6.07) is 17.8. The van der Waals surface area contributed by atoms with E-state index in [1.165, 1.54) is 18.6 Å². The summed E-state index contributed by atoms with van der Waals surface area (Å²) in [5.41, 5.74) is 3.48. The molecule has 1 fully saturated rings. The first-order valence-corrected chi connectivity index (χ1v) is 13.2. The highest BCUT2D eigenvalue weighted by Crippen LogP contribution is 2.42. The molecule has 1 aromatic heterocycles. The second-order valence-electron chi connectivity index (χ2n) is 9.96. The maximum Gasteiger partial charge on any atom is 0.247 e. The van der Waals surface area contributed by atoms with Crippen molar-refractivity contribution in [1.29, 1.82) is 0 Å². The van der Waals surface area contributed by atoms with E-state index >= 15 is 0 Å². The fourth-order valence-electron chi connectivity index (χ4n) is 5.69. The summed E-state index contributed by atoms with van der Waals surface area (Å²) < 4.78 is 15.9. The number of hydrogen-bond acceptors (Lipinski definition) is 2. The van der Waals surface area contributed by atoms with Gasteiger partial charge in [0.25, 0.3) is 0 Å². The molecule has 2 aromatic carbocycles. The van der Waals surface area contributed by atoms with Crippen LogP contribution >= 0.6 is 0 Å². The molecule has 36 heavy (non-hydrogen) atoms. The van der Waals surface area contributed by atoms with Crippen molar-refractivity contribution in [1.82, 2.24) is 9.47 Å². The lowest BCUT2D eigenvalue weighted by molar-refractivity contribution is -0.139. The average Bonchev–Trinajstić information content (AvgIpc) is 3.41. The number of hydrogen-bond donors (Lipinski definition) is 0. The van der Waals surface area contributed by atoms with Crippen LogP contribution in [0.4, 0.5) is 10.1 Å². The molecular formula is C30H34FN3O2. The molecule has 1 saturated carbocycles. The molecule has 0 saturated heterocycles. The zero-order chi connectivity index (χ0) is 25.1. The minimum Gasteiger partial charge on any atom is -0.333 e. The quantitative estimate of drug-likeness (QED) is 0.395. The van der Waals surface area contributed by atoms with Gasteiger partial charge in [0.15, 0.2) is 0 Å². The Morgan fingerprint density at radius 3 is 2.39 bits per heavy atom. The second kappa shape index (κ2) is 10.7. The number of carbonyl (C=O) groups excluding carboxylic acids is 2. The Morgan fingerprint density at radius 1 is 0.944 bits per heavy atom. The van der Waals surface area contributed by atoms with Gasteiger partial charge in [0.1, 0.15) is 18.4 Å². The van der Waals surface area contributed by atoms with Crippen LogP contribution in [0.15, 0.2) is 66.9 Å². The lowest BCUT2D eigenvalue weighted by atomic mass is 9.88. The summed E-state index contributed by atoms with van der Waals surface area (Å²) in [5.74, 6) is -0.304. The zero-order valence-corrected chi connectivity index (χ0v) is 20.9. The molecule has 0 spiro atoms. The summed E-state index contributed by atoms with van der Waals surface area (Å²) in [5, 5.41) is 0. The van der Waals surface area contributed by atoms with Gasteiger partial charge in [-0.25, -0.2) is 4.39 Å². The molecular weight excluding hydrogens is 453 g/mol. The van der Waals surface area contributed by atoms with Crippen LogP contribution in [0.5, 0.6) is 0 Å². The van der Waals surface area contributed by atoms with Crippen LogP contribution in [-0.2, 0) is 9.59 Å². The van der Waals surface area contributed by atoms with Gasteiger partial charge in [-0.15, -0.1) is 0 Å². The minimum atomic E-state index is -0.416. The molecule has 0 radical (unpaired) electrons. The molecule has 2 amide bonds. The van der Waals surface area contributed by atoms with E-state index in [1.54, 1.807) is 17.0 Å². The van der Waals surface area contributed by atoms with Crippen molar-refractivity contribution < 1.29 is 14.0 Å². The fourth-order valence-corrected chi connectivity index (χ4v) is 5.69. The van der Waals surface area contributed by atoms with Crippen LogP contribution < -0.4 is 4.90 Å². The Morgan fingerprint density at radius 2 is 1.67 bits per heavy atom. The van der Waals surface area contributed by atoms with E-state index < -0.39 is 6.04 Å². The molecule has 5 rings (SSSR count). The number of carbonyl (C=O) groups is 2. The van der Waals surface area contributed by atoms with Gasteiger partial charge in [0.05, 0.1) is 17.1 Å². The molecule has 188 valence electrons. The lowest BCUT2D eigenvalue weighted by Crippen LogP contribution is -2.48. The van der Waals surface area contributed by atoms with Gasteiger partial charge in [0, 0.05) is 18.7 Å². The highest BCUT2D eigenvalue weighted by molar-refractivity contribution is 6.00. The van der Waals surface area contributed by atoms with Gasteiger partial charge >= 0.3 is 0 Å². The van der Waals surface area contributed by atoms with Crippen molar-refractivity contribution in [2.75, 3.05) is 18.0 Å². The van der Waals surface area contributed by atoms with Crippen molar-refractivity contribution in [3.8, 4) is 5.69 Å². The van der Waals surface area contributed by atoms with Gasteiger partial charge < -0.3 is 9.47 Å². The van der Waals surface area contributed by atoms with E-state index in [4.69, 9.17) is 0 Å². The molecule has 2 heterocycles. The number of unbranched alkanes of at least 4 members (excludes halogenated alkanes) is 1. The predicted octanol–water partition coefficient (Wildman–Crippen LogP) is 6.26. The molecule has 1 unspecified atom stereocenters. The Hall–Kier alpha value is -3.41. The summed E-state index contributed by atoms with van der Waals surface area (Å²) in [7, 11) is 0. The third-order valence-electron chi connectivity index (χ3n) is 7.55. The number of rotatable bonds is 7. The van der Waals surface area contributed by atoms with Crippen molar-refractivity contribution in [2.24, 2.45) is 5.92 Å². The lowest BCUT2D eigenvalue weighted by Gasteiger charge is -2.40. The highest BCUT2D eigenvalue weighted by Gasteiger charge is 2.37. The van der Waals surface area contributed by atoms with E-state index in [0.717, 1.165) is 61.2 Å². The van der Waals surface area contributed by atoms with E-state index in [2.05, 4.69) is 11.5 Å². The van der Waals surface area contributed by atoms with Crippen molar-refractivity contribution in [2.45, 2.75) is 57.9 Å². The van der Waals surface area contributed by atoms with E-state index in [0.29, 0.717) is 6.54 Å². The van der Waals surface area contributed by atoms with Gasteiger partial charge in [-0.2, -0.15) is 0 Å². The normalized spacial score (nSPS) is 17.4. The Bertz CT molecular complexity index is 1210. The first-order valence-electron chi connectivity index (χ1n) is 13.2. The molecule has 0 bridgehead atoms. The molecule has 1 atom stereocenters. The minimum absolute atomic E-state index is 0.0159. The highest BCUT2D eigenvalue weighted by atomic mass is 19.1. The summed E-state index contributed by atoms with van der Waals surface area (Å²) >= 11 is 0. The Labute approximate surface area is 212 Å². The van der Waals surface area contributed by atoms with E-state index in [1.807, 2.05) is 47.5 Å². The average molecular weight is 488 g/mol. The number of amides is 2. The van der Waals surface area contributed by atoms with Crippen LogP contribution in [0.3, 0.4) is 0 Å². The largest absolute Gasteiger partial charge is 0.333 e. The van der Waals surface area contributed by atoms with Crippen molar-refractivity contribution in [3.63, 3.8) is 0 Å². The molecule has 6 heteroatoms. The Kier molecular flexibility index (Phi) is 7.21. The molecule has 0 N–H and O–H groups in total. The number of nitrogens with zero attached hydrogens (tertiary/aromatic N) is 3. The summed E-state index contributed by atoms with van der Waals surface area (Å²) in [6.45, 7) is 2.73. The third kappa shape index (κ3) is 4.69. The SMILES string of the molecule is CCCCN(CC(=O)N1c2ccccc2-n2cccc2C1c1ccc(F)cc1)C(=O)C1CCCCC1. The predicted molar refractivity (Wildman–Crippen MR) is 140 cm³/mol. The number of aromatic nitrogens is 1. The fraction of sp³-hybridized carbons (Fsp3) is 0.400. The van der Waals surface area contributed by atoms with Crippen molar-refractivity contribution in [3.05, 3.63) is 83.9 Å². The van der Waals surface area contributed by atoms with Gasteiger partial charge in [-0.3, -0.25) is 14.5 Å². The third-order valence-corrected chi connectivity index (χ3v) is 7.55. The number of anilines is 1. The molecule has 3 aromatic rings. The first kappa shape index (κ1) is 24.3. The van der Waals surface area contributed by atoms with E-state index in [-0.39, 0.29) is 30.1 Å². The maximum atomic E-state index is 14.2. The second-order valence-corrected chi connectivity index (χ2v) is 9.96. The number of fused-ring (bicyclic) bond motifs is 3. The van der Waals surface area contributed by atoms with Crippen molar-refractivity contribution >= 4 is 17.5 Å². The molecule has 5 nitrogen and oxygen atoms in total. The topological polar surface area (TPSA) is 45.6 Å². The standard InChI is InChI=1S/C30H34FN3O2/c1-2-3-19-32(30(36)23-10-5-4-6-11-23)21-28(35)34-26-13-8-7-12-25(26)33-20-9-14-27(33)29(34)22-15-17-24(31)18-16-22/h7-9,12-18,20,23,29H,2-6,10-11,19,21H2,1H3. The van der Waals surface area contributed by atoms with Crippen LogP contribution in [0.25, 0.3) is 5.69 Å². The van der Waals surface area contributed by atoms with Crippen LogP contribution in [0.1, 0.15) is 69.2 Å². The number of halogens is 1. The van der Waals surface area contributed by atoms with Crippen LogP contribution in [0, 0.1) is 11.7 Å². The van der Waals surface area contributed by atoms with Gasteiger partial charge in [-0.05, 0) is 61.2 Å². The summed E-state index contributed by atoms with van der Waals surface area (Å²) in [6.07, 6.45) is 8.98. The smallest absolute Gasteiger partial charge is 0.247 e. The number of para-hydroxylation sites is 2. The summed E-state index contributed by atoms with van der Waals surface area (Å²) in [4.78, 5) is 31.3. The number of benzene rings is 2. The van der Waals surface area contributed by atoms with E-state index in [9.17, 15) is 14.0 Å². The van der Waals surface area contributed by atoms with Crippen LogP contribution in [-0.4, -0.2) is 34.4 Å².